The number of rotatable bonds is 5. The van der Waals surface area contributed by atoms with E-state index < -0.39 is 17.6 Å². The van der Waals surface area contributed by atoms with Crippen LogP contribution in [0.1, 0.15) is 63.5 Å². The molecule has 0 spiro atoms. The zero-order valence-corrected chi connectivity index (χ0v) is 13.7. The van der Waals surface area contributed by atoms with Crippen molar-refractivity contribution < 1.29 is 15.0 Å². The summed E-state index contributed by atoms with van der Waals surface area (Å²) < 4.78 is 0. The molecule has 1 aromatic carbocycles. The summed E-state index contributed by atoms with van der Waals surface area (Å²) in [5, 5.41) is 23.0. The van der Waals surface area contributed by atoms with E-state index in [9.17, 15) is 9.90 Å². The van der Waals surface area contributed by atoms with Gasteiger partial charge in [0, 0.05) is 6.04 Å². The van der Waals surface area contributed by atoms with Gasteiger partial charge in [0.15, 0.2) is 0 Å². The van der Waals surface area contributed by atoms with Crippen LogP contribution in [0, 0.1) is 0 Å². The van der Waals surface area contributed by atoms with E-state index in [1.54, 1.807) is 6.92 Å². The van der Waals surface area contributed by atoms with Crippen molar-refractivity contribution in [2.24, 2.45) is 0 Å². The van der Waals surface area contributed by atoms with Gasteiger partial charge in [-0.1, -0.05) is 38.1 Å². The average Bonchev–Trinajstić information content (AvgIpc) is 2.49. The number of hydrogen-bond acceptors (Lipinski definition) is 3. The Balaban J connectivity index is 1.98. The minimum atomic E-state index is -0.829. The topological polar surface area (TPSA) is 69.6 Å². The lowest BCUT2D eigenvalue weighted by Crippen LogP contribution is -2.45. The molecule has 0 bridgehead atoms. The number of aliphatic hydroxyl groups is 1. The van der Waals surface area contributed by atoms with Crippen LogP contribution >= 0.6 is 0 Å². The Morgan fingerprint density at radius 1 is 1.18 bits per heavy atom. The van der Waals surface area contributed by atoms with E-state index in [4.69, 9.17) is 5.11 Å². The van der Waals surface area contributed by atoms with Gasteiger partial charge in [0.05, 0.1) is 5.60 Å². The molecule has 0 amide bonds. The molecule has 22 heavy (non-hydrogen) atoms. The molecule has 0 saturated heterocycles. The number of carbonyl (C=O) groups is 1. The molecule has 0 radical (unpaired) electrons. The van der Waals surface area contributed by atoms with Crippen molar-refractivity contribution in [3.63, 3.8) is 0 Å². The molecule has 1 aliphatic rings. The second kappa shape index (κ2) is 6.80. The third-order valence-electron chi connectivity index (χ3n) is 4.78. The zero-order chi connectivity index (χ0) is 16.3. The predicted octanol–water partition coefficient (Wildman–Crippen LogP) is 3.00. The second-order valence-corrected chi connectivity index (χ2v) is 6.81. The summed E-state index contributed by atoms with van der Waals surface area (Å²) in [6.45, 7) is 5.97. The van der Waals surface area contributed by atoms with Gasteiger partial charge in [-0.25, -0.2) is 0 Å². The quantitative estimate of drug-likeness (QED) is 0.782. The summed E-state index contributed by atoms with van der Waals surface area (Å²) in [6.07, 6.45) is 2.91. The van der Waals surface area contributed by atoms with Crippen LogP contribution < -0.4 is 5.32 Å². The lowest BCUT2D eigenvalue weighted by Gasteiger charge is -2.37. The first-order chi connectivity index (χ1) is 10.3. The highest BCUT2D eigenvalue weighted by atomic mass is 16.4. The third kappa shape index (κ3) is 3.87. The van der Waals surface area contributed by atoms with E-state index >= 15 is 0 Å². The van der Waals surface area contributed by atoms with E-state index in [0.29, 0.717) is 18.8 Å². The maximum Gasteiger partial charge on any atom is 0.320 e. The van der Waals surface area contributed by atoms with E-state index in [0.717, 1.165) is 18.4 Å². The largest absolute Gasteiger partial charge is 0.480 e. The van der Waals surface area contributed by atoms with Crippen LogP contribution in [0.15, 0.2) is 24.3 Å². The van der Waals surface area contributed by atoms with E-state index in [-0.39, 0.29) is 6.04 Å². The molecule has 1 unspecified atom stereocenters. The first-order valence-electron chi connectivity index (χ1n) is 8.13. The molecule has 4 heteroatoms. The van der Waals surface area contributed by atoms with Crippen molar-refractivity contribution in [2.75, 3.05) is 0 Å². The van der Waals surface area contributed by atoms with Crippen LogP contribution in [0.4, 0.5) is 0 Å². The smallest absolute Gasteiger partial charge is 0.320 e. The number of carboxylic acids is 1. The monoisotopic (exact) mass is 305 g/mol. The fourth-order valence-electron chi connectivity index (χ4n) is 3.15. The fourth-order valence-corrected chi connectivity index (χ4v) is 3.15. The van der Waals surface area contributed by atoms with Crippen molar-refractivity contribution in [1.29, 1.82) is 0 Å². The summed E-state index contributed by atoms with van der Waals surface area (Å²) in [6, 6.07) is 7.87. The van der Waals surface area contributed by atoms with E-state index in [1.165, 1.54) is 5.56 Å². The minimum Gasteiger partial charge on any atom is -0.480 e. The van der Waals surface area contributed by atoms with Crippen molar-refractivity contribution in [3.8, 4) is 0 Å². The van der Waals surface area contributed by atoms with Gasteiger partial charge >= 0.3 is 5.97 Å². The SMILES string of the molecule is CC(NC1CCC(O)(c2ccc(C(C)C)cc2)CC1)C(=O)O. The van der Waals surface area contributed by atoms with Crippen molar-refractivity contribution in [1.82, 2.24) is 5.32 Å². The van der Waals surface area contributed by atoms with Crippen molar-refractivity contribution in [3.05, 3.63) is 35.4 Å². The first-order valence-corrected chi connectivity index (χ1v) is 8.13. The highest BCUT2D eigenvalue weighted by Gasteiger charge is 2.35. The van der Waals surface area contributed by atoms with Gasteiger partial charge in [-0.05, 0) is 49.7 Å². The van der Waals surface area contributed by atoms with Gasteiger partial charge in [-0.2, -0.15) is 0 Å². The van der Waals surface area contributed by atoms with Gasteiger partial charge in [0.1, 0.15) is 6.04 Å². The van der Waals surface area contributed by atoms with Gasteiger partial charge < -0.3 is 15.5 Å². The fraction of sp³-hybridized carbons (Fsp3) is 0.611. The lowest BCUT2D eigenvalue weighted by atomic mass is 9.77. The lowest BCUT2D eigenvalue weighted by molar-refractivity contribution is -0.139. The van der Waals surface area contributed by atoms with Crippen LogP contribution in [0.25, 0.3) is 0 Å². The van der Waals surface area contributed by atoms with E-state index in [2.05, 4.69) is 31.3 Å². The minimum absolute atomic E-state index is 0.168. The molecule has 0 aliphatic heterocycles. The Morgan fingerprint density at radius 3 is 2.18 bits per heavy atom. The maximum atomic E-state index is 10.9. The molecule has 1 saturated carbocycles. The Bertz CT molecular complexity index is 502. The van der Waals surface area contributed by atoms with Crippen LogP contribution in [-0.2, 0) is 10.4 Å². The summed E-state index contributed by atoms with van der Waals surface area (Å²) >= 11 is 0. The second-order valence-electron chi connectivity index (χ2n) is 6.81. The summed E-state index contributed by atoms with van der Waals surface area (Å²) in [7, 11) is 0. The molecule has 4 nitrogen and oxygen atoms in total. The molecule has 1 fully saturated rings. The van der Waals surface area contributed by atoms with Gasteiger partial charge in [0.25, 0.3) is 0 Å². The summed E-state index contributed by atoms with van der Waals surface area (Å²) in [5.74, 6) is -0.341. The van der Waals surface area contributed by atoms with Crippen LogP contribution in [-0.4, -0.2) is 28.3 Å². The number of aliphatic carboxylic acids is 1. The Morgan fingerprint density at radius 2 is 1.73 bits per heavy atom. The molecule has 2 rings (SSSR count). The predicted molar refractivity (Wildman–Crippen MR) is 86.9 cm³/mol. The molecule has 122 valence electrons. The first kappa shape index (κ1) is 17.0. The zero-order valence-electron chi connectivity index (χ0n) is 13.7. The Hall–Kier alpha value is -1.39. The van der Waals surface area contributed by atoms with Crippen molar-refractivity contribution >= 4 is 5.97 Å². The number of hydrogen-bond donors (Lipinski definition) is 3. The van der Waals surface area contributed by atoms with Gasteiger partial charge in [-0.15, -0.1) is 0 Å². The molecular formula is C18H27NO3. The van der Waals surface area contributed by atoms with Crippen LogP contribution in [0.2, 0.25) is 0 Å². The molecule has 1 aliphatic carbocycles. The van der Waals surface area contributed by atoms with Crippen molar-refractivity contribution in [2.45, 2.75) is 70.1 Å². The number of nitrogens with one attached hydrogen (secondary N) is 1. The normalized spacial score (nSPS) is 26.9. The molecule has 3 N–H and O–H groups in total. The highest BCUT2D eigenvalue weighted by Crippen LogP contribution is 2.37. The number of carboxylic acid groups (broad SMARTS) is 1. The maximum absolute atomic E-state index is 10.9. The standard InChI is InChI=1S/C18H27NO3/c1-12(2)14-4-6-15(7-5-14)18(22)10-8-16(9-11-18)19-13(3)17(20)21/h4-7,12-13,16,19,22H,8-11H2,1-3H3,(H,20,21). The van der Waals surface area contributed by atoms with Gasteiger partial charge in [0.2, 0.25) is 0 Å². The molecule has 1 atom stereocenters. The Labute approximate surface area is 132 Å². The summed E-state index contributed by atoms with van der Waals surface area (Å²) in [4.78, 5) is 10.9. The summed E-state index contributed by atoms with van der Waals surface area (Å²) in [5.41, 5.74) is 1.47. The average molecular weight is 305 g/mol. The molecule has 1 aromatic rings. The van der Waals surface area contributed by atoms with Crippen LogP contribution in [0.3, 0.4) is 0 Å². The van der Waals surface area contributed by atoms with Crippen LogP contribution in [0.5, 0.6) is 0 Å². The van der Waals surface area contributed by atoms with Gasteiger partial charge in [-0.3, -0.25) is 4.79 Å². The molecular weight excluding hydrogens is 278 g/mol. The number of benzene rings is 1. The molecule has 0 aromatic heterocycles. The third-order valence-corrected chi connectivity index (χ3v) is 4.78. The highest BCUT2D eigenvalue weighted by molar-refractivity contribution is 5.72. The molecule has 0 heterocycles. The Kier molecular flexibility index (Phi) is 5.24. The van der Waals surface area contributed by atoms with E-state index in [1.807, 2.05) is 12.1 Å².